The van der Waals surface area contributed by atoms with Crippen molar-refractivity contribution in [2.75, 3.05) is 13.2 Å². The van der Waals surface area contributed by atoms with Gasteiger partial charge in [0, 0.05) is 19.3 Å². The second-order valence-corrected chi connectivity index (χ2v) is 20.8. The Morgan fingerprint density at radius 1 is 0.317 bits per heavy atom. The maximum atomic E-state index is 12.8. The van der Waals surface area contributed by atoms with E-state index in [2.05, 4.69) is 41.5 Å². The van der Waals surface area contributed by atoms with Crippen LogP contribution in [0.1, 0.15) is 311 Å². The molecule has 2 atom stereocenters. The first-order valence-electron chi connectivity index (χ1n) is 28.1. The summed E-state index contributed by atoms with van der Waals surface area (Å²) in [4.78, 5) is 38.1. The van der Waals surface area contributed by atoms with E-state index in [9.17, 15) is 14.4 Å². The second-order valence-electron chi connectivity index (χ2n) is 20.8. The molecule has 0 aromatic heterocycles. The van der Waals surface area contributed by atoms with Gasteiger partial charge in [0.05, 0.1) is 0 Å². The summed E-state index contributed by atoms with van der Waals surface area (Å²) in [6.07, 6.45) is 49.4. The normalized spacial score (nSPS) is 12.6. The van der Waals surface area contributed by atoms with E-state index in [4.69, 9.17) is 14.2 Å². The summed E-state index contributed by atoms with van der Waals surface area (Å²) in [6, 6.07) is 0. The lowest BCUT2D eigenvalue weighted by molar-refractivity contribution is -0.167. The molecule has 0 radical (unpaired) electrons. The second kappa shape index (κ2) is 48.3. The molecule has 0 saturated heterocycles. The summed E-state index contributed by atoms with van der Waals surface area (Å²) in [5, 5.41) is 0. The largest absolute Gasteiger partial charge is 0.462 e. The van der Waals surface area contributed by atoms with Crippen LogP contribution in [0.5, 0.6) is 0 Å². The van der Waals surface area contributed by atoms with E-state index in [1.165, 1.54) is 193 Å². The topological polar surface area (TPSA) is 78.9 Å². The molecule has 0 N–H and O–H groups in total. The Bertz CT molecular complexity index is 978. The van der Waals surface area contributed by atoms with Gasteiger partial charge in [-0.25, -0.2) is 0 Å². The molecule has 0 aromatic carbocycles. The van der Waals surface area contributed by atoms with Gasteiger partial charge in [0.2, 0.25) is 0 Å². The molecule has 374 valence electrons. The predicted molar refractivity (Wildman–Crippen MR) is 270 cm³/mol. The van der Waals surface area contributed by atoms with Gasteiger partial charge >= 0.3 is 17.9 Å². The van der Waals surface area contributed by atoms with Crippen LogP contribution in [0.3, 0.4) is 0 Å². The molecule has 0 fully saturated rings. The van der Waals surface area contributed by atoms with Gasteiger partial charge in [0.25, 0.3) is 0 Å². The lowest BCUT2D eigenvalue weighted by Gasteiger charge is -2.18. The number of carbonyl (C=O) groups is 3. The van der Waals surface area contributed by atoms with Crippen LogP contribution in [0.4, 0.5) is 0 Å². The van der Waals surface area contributed by atoms with Crippen molar-refractivity contribution in [3.63, 3.8) is 0 Å². The fourth-order valence-corrected chi connectivity index (χ4v) is 8.61. The third-order valence-corrected chi connectivity index (χ3v) is 13.3. The minimum Gasteiger partial charge on any atom is -0.462 e. The first kappa shape index (κ1) is 61.4. The highest BCUT2D eigenvalue weighted by atomic mass is 16.6. The molecule has 0 aliphatic carbocycles. The highest BCUT2D eigenvalue weighted by Crippen LogP contribution is 2.19. The summed E-state index contributed by atoms with van der Waals surface area (Å²) in [6.45, 7) is 13.8. The lowest BCUT2D eigenvalue weighted by Crippen LogP contribution is -2.30. The summed E-state index contributed by atoms with van der Waals surface area (Å²) in [5.74, 6) is 1.69. The molecule has 6 nitrogen and oxygen atoms in total. The fraction of sp³-hybridized carbons (Fsp3) is 0.947. The Kier molecular flexibility index (Phi) is 47.1. The monoisotopic (exact) mass is 891 g/mol. The molecule has 0 spiro atoms. The van der Waals surface area contributed by atoms with Crippen molar-refractivity contribution in [2.24, 2.45) is 17.8 Å². The zero-order valence-electron chi connectivity index (χ0n) is 43.4. The van der Waals surface area contributed by atoms with E-state index >= 15 is 0 Å². The molecular formula is C57H110O6. The maximum absolute atomic E-state index is 12.8. The summed E-state index contributed by atoms with van der Waals surface area (Å²) >= 11 is 0. The van der Waals surface area contributed by atoms with Crippen molar-refractivity contribution in [3.8, 4) is 0 Å². The van der Waals surface area contributed by atoms with E-state index in [0.717, 1.165) is 75.5 Å². The van der Waals surface area contributed by atoms with Crippen LogP contribution in [0.2, 0.25) is 0 Å². The number of unbranched alkanes of at least 4 members (excludes halogenated alkanes) is 32. The van der Waals surface area contributed by atoms with Crippen LogP contribution in [0, 0.1) is 17.8 Å². The average Bonchev–Trinajstić information content (AvgIpc) is 3.25. The van der Waals surface area contributed by atoms with Gasteiger partial charge in [-0.1, -0.05) is 273 Å². The summed E-state index contributed by atoms with van der Waals surface area (Å²) in [5.41, 5.74) is 0. The Hall–Kier alpha value is -1.59. The zero-order valence-corrected chi connectivity index (χ0v) is 43.4. The highest BCUT2D eigenvalue weighted by Gasteiger charge is 2.19. The Morgan fingerprint density at radius 2 is 0.556 bits per heavy atom. The van der Waals surface area contributed by atoms with Crippen molar-refractivity contribution in [3.05, 3.63) is 0 Å². The van der Waals surface area contributed by atoms with E-state index < -0.39 is 6.10 Å². The van der Waals surface area contributed by atoms with Crippen LogP contribution in [-0.2, 0) is 28.6 Å². The van der Waals surface area contributed by atoms with Crippen molar-refractivity contribution < 1.29 is 28.6 Å². The van der Waals surface area contributed by atoms with Gasteiger partial charge in [-0.2, -0.15) is 0 Å². The molecule has 0 saturated carbocycles. The third-order valence-electron chi connectivity index (χ3n) is 13.3. The van der Waals surface area contributed by atoms with E-state index in [1.807, 2.05) is 0 Å². The lowest BCUT2D eigenvalue weighted by atomic mass is 9.99. The number of ether oxygens (including phenoxy) is 3. The van der Waals surface area contributed by atoms with Crippen molar-refractivity contribution in [1.29, 1.82) is 0 Å². The summed E-state index contributed by atoms with van der Waals surface area (Å²) < 4.78 is 16.9. The molecule has 0 aliphatic rings. The van der Waals surface area contributed by atoms with Crippen LogP contribution < -0.4 is 0 Å². The first-order chi connectivity index (χ1) is 30.6. The van der Waals surface area contributed by atoms with E-state index in [0.29, 0.717) is 19.3 Å². The molecule has 0 aromatic rings. The van der Waals surface area contributed by atoms with Crippen molar-refractivity contribution in [1.82, 2.24) is 0 Å². The number of esters is 3. The van der Waals surface area contributed by atoms with E-state index in [1.54, 1.807) is 0 Å². The van der Waals surface area contributed by atoms with Crippen molar-refractivity contribution in [2.45, 2.75) is 317 Å². The molecule has 1 unspecified atom stereocenters. The van der Waals surface area contributed by atoms with Gasteiger partial charge in [-0.05, 0) is 37.0 Å². The Labute approximate surface area is 393 Å². The zero-order chi connectivity index (χ0) is 46.3. The fourth-order valence-electron chi connectivity index (χ4n) is 8.61. The van der Waals surface area contributed by atoms with Gasteiger partial charge in [-0.15, -0.1) is 0 Å². The predicted octanol–water partition coefficient (Wildman–Crippen LogP) is 18.3. The highest BCUT2D eigenvalue weighted by molar-refractivity contribution is 5.71. The smallest absolute Gasteiger partial charge is 0.306 e. The minimum atomic E-state index is -0.763. The Morgan fingerprint density at radius 3 is 0.825 bits per heavy atom. The van der Waals surface area contributed by atoms with Gasteiger partial charge in [0.1, 0.15) is 13.2 Å². The molecule has 0 bridgehead atoms. The van der Waals surface area contributed by atoms with Crippen LogP contribution in [0.25, 0.3) is 0 Å². The third kappa shape index (κ3) is 49.7. The minimum absolute atomic E-state index is 0.0641. The molecule has 0 rings (SSSR count). The van der Waals surface area contributed by atoms with E-state index in [-0.39, 0.29) is 31.1 Å². The molecule has 0 heterocycles. The summed E-state index contributed by atoms with van der Waals surface area (Å²) in [7, 11) is 0. The molecule has 0 aliphatic heterocycles. The maximum Gasteiger partial charge on any atom is 0.306 e. The van der Waals surface area contributed by atoms with Crippen molar-refractivity contribution >= 4 is 17.9 Å². The number of rotatable bonds is 50. The number of hydrogen-bond acceptors (Lipinski definition) is 6. The Balaban J connectivity index is 4.28. The van der Waals surface area contributed by atoms with Gasteiger partial charge < -0.3 is 14.2 Å². The average molecular weight is 892 g/mol. The standard InChI is InChI=1S/C57H110O6/c1-7-53(6)45-39-33-27-21-15-10-8-9-11-16-22-28-34-40-46-55(58)61-49-54(63-57(60)48-42-36-30-24-18-20-26-32-38-44-52(4)5)50-62-56(59)47-41-35-29-23-17-13-12-14-19-25-31-37-43-51(2)3/h51-54H,7-50H2,1-6H3/t53?,54-/m1/s1. The molecule has 0 amide bonds. The molecular weight excluding hydrogens is 781 g/mol. The SMILES string of the molecule is CCC(C)CCCCCCCCCCCCCCCCC(=O)OC[C@H](COC(=O)CCCCCCCCCCCCCCC(C)C)OC(=O)CCCCCCCCCCCC(C)C. The van der Waals surface area contributed by atoms with Crippen LogP contribution in [0.15, 0.2) is 0 Å². The van der Waals surface area contributed by atoms with Crippen LogP contribution in [-0.4, -0.2) is 37.2 Å². The number of hydrogen-bond donors (Lipinski definition) is 0. The van der Waals surface area contributed by atoms with Crippen LogP contribution >= 0.6 is 0 Å². The van der Waals surface area contributed by atoms with Gasteiger partial charge in [-0.3, -0.25) is 14.4 Å². The van der Waals surface area contributed by atoms with Gasteiger partial charge in [0.15, 0.2) is 6.10 Å². The quantitative estimate of drug-likeness (QED) is 0.0344. The first-order valence-corrected chi connectivity index (χ1v) is 28.1. The molecule has 63 heavy (non-hydrogen) atoms. The number of carbonyl (C=O) groups excluding carboxylic acids is 3. The molecule has 6 heteroatoms.